The molecule has 0 unspecified atom stereocenters. The van der Waals surface area contributed by atoms with E-state index in [-0.39, 0.29) is 23.6 Å². The van der Waals surface area contributed by atoms with Gasteiger partial charge in [-0.3, -0.25) is 0 Å². The summed E-state index contributed by atoms with van der Waals surface area (Å²) in [6.45, 7) is 1.44. The molecule has 5 rings (SSSR count). The van der Waals surface area contributed by atoms with Gasteiger partial charge in [0.2, 0.25) is 17.5 Å². The fourth-order valence-electron chi connectivity index (χ4n) is 4.20. The van der Waals surface area contributed by atoms with Crippen molar-refractivity contribution in [2.75, 3.05) is 35.2 Å². The van der Waals surface area contributed by atoms with E-state index < -0.39 is 30.5 Å². The lowest BCUT2D eigenvalue weighted by Gasteiger charge is -2.34. The van der Waals surface area contributed by atoms with Gasteiger partial charge < -0.3 is 20.3 Å². The lowest BCUT2D eigenvalue weighted by molar-refractivity contribution is -0.154. The fourth-order valence-corrected chi connectivity index (χ4v) is 4.20. The smallest absolute Gasteiger partial charge is 0.422 e. The van der Waals surface area contributed by atoms with Crippen LogP contribution < -0.4 is 20.3 Å². The van der Waals surface area contributed by atoms with Gasteiger partial charge in [0.05, 0.1) is 16.9 Å². The van der Waals surface area contributed by atoms with E-state index >= 15 is 0 Å². The van der Waals surface area contributed by atoms with Crippen LogP contribution >= 0.6 is 0 Å². The highest BCUT2D eigenvalue weighted by atomic mass is 19.4. The number of ether oxygens (including phenoxy) is 1. The highest BCUT2D eigenvalue weighted by Crippen LogP contribution is 2.31. The van der Waals surface area contributed by atoms with Gasteiger partial charge in [-0.1, -0.05) is 6.07 Å². The number of nitrogens with one attached hydrogen (secondary N) is 2. The zero-order valence-electron chi connectivity index (χ0n) is 20.8. The number of fused-ring (bicyclic) bond motifs is 1. The zero-order chi connectivity index (χ0) is 28.5. The van der Waals surface area contributed by atoms with E-state index in [9.17, 15) is 26.3 Å². The van der Waals surface area contributed by atoms with Crippen molar-refractivity contribution in [1.82, 2.24) is 34.8 Å². The molecule has 40 heavy (non-hydrogen) atoms. The van der Waals surface area contributed by atoms with Crippen molar-refractivity contribution in [3.63, 3.8) is 0 Å². The van der Waals surface area contributed by atoms with E-state index in [4.69, 9.17) is 4.74 Å². The minimum Gasteiger partial charge on any atom is -0.454 e. The summed E-state index contributed by atoms with van der Waals surface area (Å²) in [5.41, 5.74) is 1.35. The molecule has 1 aromatic carbocycles. The predicted octanol–water partition coefficient (Wildman–Crippen LogP) is 4.40. The Labute approximate surface area is 222 Å². The number of hydrogen-bond acceptors (Lipinski definition) is 10. The predicted molar refractivity (Wildman–Crippen MR) is 130 cm³/mol. The Kier molecular flexibility index (Phi) is 7.20. The normalized spacial score (nSPS) is 14.9. The molecule has 1 aliphatic heterocycles. The average molecular weight is 568 g/mol. The SMILES string of the molecule is Cc1cc(N2CCC(Nc3nc(Nc4cccc(C(F)(F)F)c4)nc(OCC(F)(F)F)n3)CC2)c2nncn2n1. The van der Waals surface area contributed by atoms with Gasteiger partial charge in [0.25, 0.3) is 0 Å². The molecule has 4 aromatic rings. The number of halogens is 6. The highest BCUT2D eigenvalue weighted by molar-refractivity contribution is 5.68. The number of alkyl halides is 6. The van der Waals surface area contributed by atoms with Crippen molar-refractivity contribution >= 4 is 28.9 Å². The number of benzene rings is 1. The summed E-state index contributed by atoms with van der Waals surface area (Å²) in [7, 11) is 0. The van der Waals surface area contributed by atoms with Crippen LogP contribution in [-0.4, -0.2) is 66.7 Å². The zero-order valence-corrected chi connectivity index (χ0v) is 20.8. The summed E-state index contributed by atoms with van der Waals surface area (Å²) >= 11 is 0. The fraction of sp³-hybridized carbons (Fsp3) is 0.391. The second kappa shape index (κ2) is 10.6. The minimum atomic E-state index is -4.65. The van der Waals surface area contributed by atoms with Gasteiger partial charge in [0.15, 0.2) is 6.61 Å². The average Bonchev–Trinajstić information content (AvgIpc) is 3.35. The topological polar surface area (TPSA) is 118 Å². The third-order valence-corrected chi connectivity index (χ3v) is 5.97. The van der Waals surface area contributed by atoms with Crippen LogP contribution in [-0.2, 0) is 6.18 Å². The molecule has 3 aromatic heterocycles. The minimum absolute atomic E-state index is 0.0190. The summed E-state index contributed by atoms with van der Waals surface area (Å²) in [6, 6.07) is 5.35. The van der Waals surface area contributed by atoms with E-state index in [0.717, 1.165) is 23.5 Å². The van der Waals surface area contributed by atoms with E-state index in [1.807, 2.05) is 13.0 Å². The largest absolute Gasteiger partial charge is 0.454 e. The number of anilines is 4. The molecule has 0 aliphatic carbocycles. The third kappa shape index (κ3) is 6.58. The molecule has 0 radical (unpaired) electrons. The molecule has 0 spiro atoms. The van der Waals surface area contributed by atoms with Crippen LogP contribution in [0.2, 0.25) is 0 Å². The van der Waals surface area contributed by atoms with Crippen molar-refractivity contribution < 1.29 is 31.1 Å². The number of nitrogens with zero attached hydrogens (tertiary/aromatic N) is 8. The Morgan fingerprint density at radius 2 is 1.75 bits per heavy atom. The summed E-state index contributed by atoms with van der Waals surface area (Å²) in [6.07, 6.45) is -6.49. The van der Waals surface area contributed by atoms with Crippen LogP contribution in [0, 0.1) is 6.92 Å². The molecule has 0 bridgehead atoms. The standard InChI is InChI=1S/C23H22F6N10O/c1-13-9-17(18-36-30-12-39(18)37-13)38-7-5-15(6-8-38)31-19-33-20(35-21(34-19)40-11-22(24,25)26)32-16-4-2-3-14(10-16)23(27,28)29/h2-4,9-10,12,15H,5-8,11H2,1H3,(H2,31,32,33,34,35). The highest BCUT2D eigenvalue weighted by Gasteiger charge is 2.31. The monoisotopic (exact) mass is 568 g/mol. The van der Waals surface area contributed by atoms with Gasteiger partial charge in [-0.05, 0) is 44.0 Å². The Bertz CT molecular complexity index is 1480. The van der Waals surface area contributed by atoms with Gasteiger partial charge in [-0.15, -0.1) is 10.2 Å². The Morgan fingerprint density at radius 1 is 1.00 bits per heavy atom. The number of aromatic nitrogens is 7. The quantitative estimate of drug-likeness (QED) is 0.311. The van der Waals surface area contributed by atoms with Crippen molar-refractivity contribution in [1.29, 1.82) is 0 Å². The number of piperidine rings is 1. The molecule has 0 amide bonds. The van der Waals surface area contributed by atoms with Gasteiger partial charge in [-0.2, -0.15) is 50.9 Å². The molecule has 0 atom stereocenters. The van der Waals surface area contributed by atoms with Crippen LogP contribution in [0.3, 0.4) is 0 Å². The Hall–Kier alpha value is -4.44. The van der Waals surface area contributed by atoms with Crippen molar-refractivity contribution in [2.45, 2.75) is 38.2 Å². The first-order valence-corrected chi connectivity index (χ1v) is 12.0. The molecule has 17 heteroatoms. The first-order chi connectivity index (χ1) is 18.9. The maximum absolute atomic E-state index is 13.1. The second-order valence-corrected chi connectivity index (χ2v) is 9.05. The van der Waals surface area contributed by atoms with Crippen molar-refractivity contribution in [2.24, 2.45) is 0 Å². The van der Waals surface area contributed by atoms with E-state index in [2.05, 4.69) is 45.8 Å². The van der Waals surface area contributed by atoms with Crippen LogP contribution in [0.15, 0.2) is 36.7 Å². The first kappa shape index (κ1) is 27.1. The Morgan fingerprint density at radius 3 is 2.48 bits per heavy atom. The molecule has 4 heterocycles. The van der Waals surface area contributed by atoms with Crippen molar-refractivity contribution in [3.05, 3.63) is 47.9 Å². The lowest BCUT2D eigenvalue weighted by atomic mass is 10.0. The van der Waals surface area contributed by atoms with Crippen LogP contribution in [0.25, 0.3) is 5.65 Å². The number of hydrogen-bond donors (Lipinski definition) is 2. The molecule has 1 saturated heterocycles. The molecular weight excluding hydrogens is 546 g/mol. The van der Waals surface area contributed by atoms with E-state index in [1.165, 1.54) is 18.5 Å². The summed E-state index contributed by atoms with van der Waals surface area (Å²) < 4.78 is 83.8. The van der Waals surface area contributed by atoms with E-state index in [1.54, 1.807) is 4.52 Å². The number of aryl methyl sites for hydroxylation is 1. The van der Waals surface area contributed by atoms with Crippen LogP contribution in [0.4, 0.5) is 49.6 Å². The van der Waals surface area contributed by atoms with Gasteiger partial charge in [-0.25, -0.2) is 0 Å². The van der Waals surface area contributed by atoms with Gasteiger partial charge in [0.1, 0.15) is 6.33 Å². The van der Waals surface area contributed by atoms with E-state index in [0.29, 0.717) is 31.6 Å². The maximum Gasteiger partial charge on any atom is 0.422 e. The summed E-state index contributed by atoms with van der Waals surface area (Å²) in [5.74, 6) is -0.368. The summed E-state index contributed by atoms with van der Waals surface area (Å²) in [4.78, 5) is 14.0. The van der Waals surface area contributed by atoms with Crippen LogP contribution in [0.5, 0.6) is 6.01 Å². The molecule has 0 saturated carbocycles. The maximum atomic E-state index is 13.1. The van der Waals surface area contributed by atoms with Crippen LogP contribution in [0.1, 0.15) is 24.1 Å². The molecular formula is C23H22F6N10O. The Balaban J connectivity index is 1.32. The van der Waals surface area contributed by atoms with Crippen molar-refractivity contribution in [3.8, 4) is 6.01 Å². The summed E-state index contributed by atoms with van der Waals surface area (Å²) in [5, 5.41) is 18.0. The molecule has 1 fully saturated rings. The molecule has 11 nitrogen and oxygen atoms in total. The van der Waals surface area contributed by atoms with Gasteiger partial charge >= 0.3 is 18.4 Å². The second-order valence-electron chi connectivity index (χ2n) is 9.05. The third-order valence-electron chi connectivity index (χ3n) is 5.97. The number of rotatable bonds is 7. The molecule has 2 N–H and O–H groups in total. The first-order valence-electron chi connectivity index (χ1n) is 12.0. The molecule has 1 aliphatic rings. The van der Waals surface area contributed by atoms with Gasteiger partial charge in [0, 0.05) is 24.8 Å². The lowest BCUT2D eigenvalue weighted by Crippen LogP contribution is -2.39. The molecule has 212 valence electrons.